The van der Waals surface area contributed by atoms with Gasteiger partial charge >= 0.3 is 5.97 Å². The van der Waals surface area contributed by atoms with Crippen molar-refractivity contribution in [2.45, 2.75) is 37.6 Å². The van der Waals surface area contributed by atoms with Crippen LogP contribution in [0.25, 0.3) is 0 Å². The number of ether oxygens (including phenoxy) is 1. The highest BCUT2D eigenvalue weighted by Gasteiger charge is 2.29. The molecular weight excluding hydrogens is 392 g/mol. The number of nitrogens with one attached hydrogen (secondary N) is 2. The number of hydrogen-bond acceptors (Lipinski definition) is 5. The van der Waals surface area contributed by atoms with Crippen molar-refractivity contribution < 1.29 is 22.7 Å². The van der Waals surface area contributed by atoms with Crippen LogP contribution in [0, 0.1) is 12.8 Å². The summed E-state index contributed by atoms with van der Waals surface area (Å²) >= 11 is 0. The van der Waals surface area contributed by atoms with Gasteiger partial charge in [-0.25, -0.2) is 13.2 Å². The lowest BCUT2D eigenvalue weighted by Gasteiger charge is -2.13. The number of carbonyl (C=O) groups excluding carboxylic acids is 2. The third kappa shape index (κ3) is 5.80. The monoisotopic (exact) mass is 416 g/mol. The molecule has 7 nitrogen and oxygen atoms in total. The third-order valence-electron chi connectivity index (χ3n) is 4.76. The number of aryl methyl sites for hydroxylation is 1. The van der Waals surface area contributed by atoms with E-state index in [9.17, 15) is 18.0 Å². The molecule has 1 amide bonds. The largest absolute Gasteiger partial charge is 0.452 e. The highest BCUT2D eigenvalue weighted by molar-refractivity contribution is 7.92. The summed E-state index contributed by atoms with van der Waals surface area (Å²) in [5.74, 6) is -0.522. The minimum Gasteiger partial charge on any atom is -0.452 e. The second kappa shape index (κ2) is 8.65. The molecule has 0 spiro atoms. The summed E-state index contributed by atoms with van der Waals surface area (Å²) < 4.78 is 32.4. The number of benzene rings is 2. The van der Waals surface area contributed by atoms with E-state index in [1.807, 2.05) is 13.8 Å². The van der Waals surface area contributed by atoms with Gasteiger partial charge in [0.25, 0.3) is 15.9 Å². The van der Waals surface area contributed by atoms with E-state index in [1.165, 1.54) is 24.3 Å². The number of esters is 1. The van der Waals surface area contributed by atoms with Gasteiger partial charge in [-0.2, -0.15) is 0 Å². The van der Waals surface area contributed by atoms with E-state index in [0.29, 0.717) is 11.6 Å². The van der Waals surface area contributed by atoms with Gasteiger partial charge in [0.05, 0.1) is 10.5 Å². The Balaban J connectivity index is 1.56. The molecule has 3 rings (SSSR count). The zero-order valence-corrected chi connectivity index (χ0v) is 17.2. The molecule has 2 aromatic rings. The molecule has 1 fully saturated rings. The summed E-state index contributed by atoms with van der Waals surface area (Å²) in [6, 6.07) is 12.4. The molecule has 0 radical (unpaired) electrons. The Morgan fingerprint density at radius 1 is 1.07 bits per heavy atom. The maximum Gasteiger partial charge on any atom is 0.338 e. The van der Waals surface area contributed by atoms with Crippen molar-refractivity contribution in [2.24, 2.45) is 5.92 Å². The van der Waals surface area contributed by atoms with Gasteiger partial charge in [0, 0.05) is 11.7 Å². The summed E-state index contributed by atoms with van der Waals surface area (Å²) in [7, 11) is -3.78. The Labute approximate surface area is 170 Å². The Morgan fingerprint density at radius 2 is 1.69 bits per heavy atom. The highest BCUT2D eigenvalue weighted by atomic mass is 32.2. The number of anilines is 1. The predicted octanol–water partition coefficient (Wildman–Crippen LogP) is 2.87. The second-order valence-electron chi connectivity index (χ2n) is 7.27. The van der Waals surface area contributed by atoms with Crippen LogP contribution in [-0.2, 0) is 19.6 Å². The lowest BCUT2D eigenvalue weighted by molar-refractivity contribution is -0.124. The quantitative estimate of drug-likeness (QED) is 0.645. The molecule has 1 saturated carbocycles. The molecule has 8 heteroatoms. The molecule has 29 heavy (non-hydrogen) atoms. The summed E-state index contributed by atoms with van der Waals surface area (Å²) in [6.45, 7) is 3.47. The second-order valence-corrected chi connectivity index (χ2v) is 8.95. The van der Waals surface area contributed by atoms with Crippen molar-refractivity contribution in [1.29, 1.82) is 0 Å². The van der Waals surface area contributed by atoms with Gasteiger partial charge in [0.15, 0.2) is 6.61 Å². The van der Waals surface area contributed by atoms with Crippen LogP contribution in [0.5, 0.6) is 0 Å². The Kier molecular flexibility index (Phi) is 6.22. The molecular formula is C21H24N2O5S. The van der Waals surface area contributed by atoms with E-state index in [1.54, 1.807) is 24.3 Å². The number of sulfonamides is 1. The maximum absolute atomic E-state index is 12.5. The maximum atomic E-state index is 12.5. The minimum atomic E-state index is -3.78. The fourth-order valence-corrected chi connectivity index (χ4v) is 3.89. The van der Waals surface area contributed by atoms with Gasteiger partial charge in [0.2, 0.25) is 0 Å². The van der Waals surface area contributed by atoms with E-state index < -0.39 is 16.0 Å². The van der Waals surface area contributed by atoms with Crippen molar-refractivity contribution in [3.8, 4) is 0 Å². The summed E-state index contributed by atoms with van der Waals surface area (Å²) in [6.07, 6.45) is 2.21. The van der Waals surface area contributed by atoms with Crippen molar-refractivity contribution in [1.82, 2.24) is 5.32 Å². The number of carbonyl (C=O) groups is 2. The molecule has 0 saturated heterocycles. The first-order valence-corrected chi connectivity index (χ1v) is 10.9. The highest BCUT2D eigenvalue weighted by Crippen LogP contribution is 2.32. The van der Waals surface area contributed by atoms with Crippen molar-refractivity contribution in [2.75, 3.05) is 11.3 Å². The van der Waals surface area contributed by atoms with Crippen molar-refractivity contribution >= 4 is 27.6 Å². The summed E-state index contributed by atoms with van der Waals surface area (Å²) in [4.78, 5) is 23.9. The molecule has 154 valence electrons. The molecule has 0 unspecified atom stereocenters. The molecule has 0 heterocycles. The molecule has 1 aliphatic rings. The molecule has 0 aliphatic heterocycles. The fourth-order valence-electron chi connectivity index (χ4n) is 2.83. The number of amides is 1. The number of hydrogen-bond donors (Lipinski definition) is 2. The van der Waals surface area contributed by atoms with Gasteiger partial charge in [0.1, 0.15) is 0 Å². The van der Waals surface area contributed by atoms with Crippen LogP contribution in [0.3, 0.4) is 0 Å². The molecule has 2 aromatic carbocycles. The minimum absolute atomic E-state index is 0.0191. The Morgan fingerprint density at radius 3 is 2.28 bits per heavy atom. The van der Waals surface area contributed by atoms with E-state index >= 15 is 0 Å². The number of rotatable bonds is 8. The van der Waals surface area contributed by atoms with Gasteiger partial charge < -0.3 is 10.1 Å². The van der Waals surface area contributed by atoms with Crippen LogP contribution >= 0.6 is 0 Å². The summed E-state index contributed by atoms with van der Waals surface area (Å²) in [5, 5.41) is 2.80. The Hall–Kier alpha value is -2.87. The van der Waals surface area contributed by atoms with Crippen molar-refractivity contribution in [3.63, 3.8) is 0 Å². The third-order valence-corrected chi connectivity index (χ3v) is 6.15. The van der Waals surface area contributed by atoms with Crippen LogP contribution in [-0.4, -0.2) is 32.9 Å². The average Bonchev–Trinajstić information content (AvgIpc) is 3.53. The first-order chi connectivity index (χ1) is 13.7. The molecule has 2 N–H and O–H groups in total. The van der Waals surface area contributed by atoms with Crippen LogP contribution < -0.4 is 10.0 Å². The topological polar surface area (TPSA) is 102 Å². The predicted molar refractivity (Wildman–Crippen MR) is 109 cm³/mol. The zero-order valence-electron chi connectivity index (χ0n) is 16.3. The Bertz CT molecular complexity index is 981. The van der Waals surface area contributed by atoms with Gasteiger partial charge in [-0.05, 0) is 69.0 Å². The van der Waals surface area contributed by atoms with Crippen LogP contribution in [0.1, 0.15) is 35.7 Å². The zero-order chi connectivity index (χ0) is 21.0. The lowest BCUT2D eigenvalue weighted by atomic mass is 10.2. The van der Waals surface area contributed by atoms with Gasteiger partial charge in [-0.1, -0.05) is 17.7 Å². The molecule has 0 aromatic heterocycles. The van der Waals surface area contributed by atoms with Gasteiger partial charge in [-0.3, -0.25) is 9.52 Å². The van der Waals surface area contributed by atoms with Crippen LogP contribution in [0.2, 0.25) is 0 Å². The normalized spacial score (nSPS) is 14.7. The van der Waals surface area contributed by atoms with Crippen LogP contribution in [0.4, 0.5) is 5.69 Å². The molecule has 0 bridgehead atoms. The van der Waals surface area contributed by atoms with Gasteiger partial charge in [-0.15, -0.1) is 0 Å². The average molecular weight is 416 g/mol. The van der Waals surface area contributed by atoms with E-state index in [-0.39, 0.29) is 29.0 Å². The standard InChI is InChI=1S/C21H24N2O5S/c1-14-3-9-18(10-4-14)23-29(26,27)19-11-7-17(8-12-19)21(25)28-13-20(24)22-15(2)16-5-6-16/h3-4,7-12,15-16,23H,5-6,13H2,1-2H3,(H,22,24)/t15-/m0/s1. The SMILES string of the molecule is Cc1ccc(NS(=O)(=O)c2ccc(C(=O)OCC(=O)N[C@@H](C)C3CC3)cc2)cc1. The smallest absolute Gasteiger partial charge is 0.338 e. The fraction of sp³-hybridized carbons (Fsp3) is 0.333. The molecule has 1 atom stereocenters. The van der Waals surface area contributed by atoms with E-state index in [0.717, 1.165) is 18.4 Å². The van der Waals surface area contributed by atoms with E-state index in [2.05, 4.69) is 10.0 Å². The first kappa shape index (κ1) is 20.9. The lowest BCUT2D eigenvalue weighted by Crippen LogP contribution is -2.37. The van der Waals surface area contributed by atoms with Crippen LogP contribution in [0.15, 0.2) is 53.4 Å². The molecule has 1 aliphatic carbocycles. The first-order valence-electron chi connectivity index (χ1n) is 9.40. The van der Waals surface area contributed by atoms with E-state index in [4.69, 9.17) is 4.74 Å². The summed E-state index contributed by atoms with van der Waals surface area (Å²) in [5.41, 5.74) is 1.64. The van der Waals surface area contributed by atoms with Crippen molar-refractivity contribution in [3.05, 3.63) is 59.7 Å².